The fourth-order valence-corrected chi connectivity index (χ4v) is 2.69. The van der Waals surface area contributed by atoms with Crippen LogP contribution in [0.5, 0.6) is 0 Å². The maximum absolute atomic E-state index is 12.4. The van der Waals surface area contributed by atoms with Crippen molar-refractivity contribution in [2.24, 2.45) is 0 Å². The summed E-state index contributed by atoms with van der Waals surface area (Å²) in [5.41, 5.74) is 1.09. The summed E-state index contributed by atoms with van der Waals surface area (Å²) < 4.78 is 0.913. The Labute approximate surface area is 145 Å². The molecule has 0 saturated carbocycles. The molecule has 0 fully saturated rings. The van der Waals surface area contributed by atoms with E-state index in [0.29, 0.717) is 5.69 Å². The van der Waals surface area contributed by atoms with E-state index in [4.69, 9.17) is 0 Å². The lowest BCUT2D eigenvalue weighted by Crippen LogP contribution is -2.26. The maximum Gasteiger partial charge on any atom is 0.274 e. The summed E-state index contributed by atoms with van der Waals surface area (Å²) in [5.74, 6) is 0.558. The number of benzene rings is 1. The molecule has 1 amide bonds. The molecule has 2 rings (SSSR count). The second kappa shape index (κ2) is 8.62. The van der Waals surface area contributed by atoms with Gasteiger partial charge < -0.3 is 10.2 Å². The van der Waals surface area contributed by atoms with Crippen LogP contribution in [-0.4, -0.2) is 29.0 Å². The second-order valence-electron chi connectivity index (χ2n) is 5.21. The molecule has 0 saturated heterocycles. The topological polar surface area (TPSA) is 58.1 Å². The van der Waals surface area contributed by atoms with Gasteiger partial charge in [0.1, 0.15) is 17.8 Å². The third kappa shape index (κ3) is 5.03. The summed E-state index contributed by atoms with van der Waals surface area (Å²) in [6.07, 6.45) is 3.51. The highest BCUT2D eigenvalue weighted by atomic mass is 79.9. The van der Waals surface area contributed by atoms with Crippen LogP contribution in [0, 0.1) is 0 Å². The number of amides is 1. The number of nitrogens with zero attached hydrogens (tertiary/aromatic N) is 3. The largest absolute Gasteiger partial charge is 0.357 e. The number of carbonyl (C=O) groups excluding carboxylic acids is 1. The minimum atomic E-state index is -0.236. The Morgan fingerprint density at radius 1 is 1.17 bits per heavy atom. The molecule has 0 unspecified atom stereocenters. The predicted octanol–water partition coefficient (Wildman–Crippen LogP) is 4.12. The number of carbonyl (C=O) groups is 1. The van der Waals surface area contributed by atoms with Crippen molar-refractivity contribution >= 4 is 33.3 Å². The first-order valence-corrected chi connectivity index (χ1v) is 8.57. The van der Waals surface area contributed by atoms with Crippen molar-refractivity contribution in [3.05, 3.63) is 46.8 Å². The first kappa shape index (κ1) is 17.4. The quantitative estimate of drug-likeness (QED) is 0.789. The Morgan fingerprint density at radius 3 is 2.57 bits per heavy atom. The zero-order chi connectivity index (χ0) is 16.7. The van der Waals surface area contributed by atoms with Crippen LogP contribution < -0.4 is 10.2 Å². The van der Waals surface area contributed by atoms with Crippen molar-refractivity contribution in [1.29, 1.82) is 0 Å². The number of halogens is 1. The van der Waals surface area contributed by atoms with Crippen LogP contribution in [0.15, 0.2) is 41.1 Å². The molecule has 6 heteroatoms. The molecule has 1 aromatic heterocycles. The van der Waals surface area contributed by atoms with Gasteiger partial charge in [0.05, 0.1) is 0 Å². The van der Waals surface area contributed by atoms with Crippen LogP contribution in [-0.2, 0) is 0 Å². The number of hydrogen-bond donors (Lipinski definition) is 1. The van der Waals surface area contributed by atoms with Crippen molar-refractivity contribution in [1.82, 2.24) is 9.97 Å². The van der Waals surface area contributed by atoms with Gasteiger partial charge in [-0.15, -0.1) is 0 Å². The lowest BCUT2D eigenvalue weighted by molar-refractivity contribution is 0.102. The first-order valence-electron chi connectivity index (χ1n) is 7.78. The molecule has 1 aromatic carbocycles. The Hall–Kier alpha value is -1.95. The highest BCUT2D eigenvalue weighted by Crippen LogP contribution is 2.17. The van der Waals surface area contributed by atoms with Crippen LogP contribution in [0.2, 0.25) is 0 Å². The van der Waals surface area contributed by atoms with Crippen LogP contribution in [0.3, 0.4) is 0 Å². The standard InChI is InChI=1S/C17H21BrN4O/c1-3-8-22(9-4-2)16-11-15(19-12-20-16)17(23)21-14-7-5-6-13(18)10-14/h5-7,10-12H,3-4,8-9H2,1-2H3,(H,21,23). The monoisotopic (exact) mass is 376 g/mol. The molecule has 0 bridgehead atoms. The Kier molecular flexibility index (Phi) is 6.52. The molecule has 5 nitrogen and oxygen atoms in total. The number of rotatable bonds is 7. The Balaban J connectivity index is 2.16. The molecule has 23 heavy (non-hydrogen) atoms. The fraction of sp³-hybridized carbons (Fsp3) is 0.353. The zero-order valence-electron chi connectivity index (χ0n) is 13.4. The average molecular weight is 377 g/mol. The van der Waals surface area contributed by atoms with Crippen molar-refractivity contribution in [3.8, 4) is 0 Å². The normalized spacial score (nSPS) is 10.4. The lowest BCUT2D eigenvalue weighted by atomic mass is 10.3. The van der Waals surface area contributed by atoms with Crippen molar-refractivity contribution in [2.75, 3.05) is 23.3 Å². The van der Waals surface area contributed by atoms with Gasteiger partial charge in [0.25, 0.3) is 5.91 Å². The first-order chi connectivity index (χ1) is 11.1. The van der Waals surface area contributed by atoms with Gasteiger partial charge in [0, 0.05) is 29.3 Å². The second-order valence-corrected chi connectivity index (χ2v) is 6.13. The highest BCUT2D eigenvalue weighted by Gasteiger charge is 2.12. The van der Waals surface area contributed by atoms with E-state index in [-0.39, 0.29) is 5.91 Å². The van der Waals surface area contributed by atoms with Crippen LogP contribution in [0.25, 0.3) is 0 Å². The molecule has 2 aromatic rings. The van der Waals surface area contributed by atoms with Gasteiger partial charge in [-0.25, -0.2) is 9.97 Å². The van der Waals surface area contributed by atoms with Gasteiger partial charge in [-0.1, -0.05) is 35.8 Å². The van der Waals surface area contributed by atoms with Crippen LogP contribution in [0.4, 0.5) is 11.5 Å². The molecular weight excluding hydrogens is 356 g/mol. The maximum atomic E-state index is 12.4. The predicted molar refractivity (Wildman–Crippen MR) is 96.9 cm³/mol. The Morgan fingerprint density at radius 2 is 1.91 bits per heavy atom. The van der Waals surface area contributed by atoms with E-state index in [2.05, 4.69) is 50.0 Å². The number of aromatic nitrogens is 2. The summed E-state index contributed by atoms with van der Waals surface area (Å²) in [7, 11) is 0. The van der Waals surface area contributed by atoms with E-state index in [9.17, 15) is 4.79 Å². The molecule has 0 radical (unpaired) electrons. The molecule has 0 aliphatic rings. The van der Waals surface area contributed by atoms with E-state index in [1.54, 1.807) is 6.07 Å². The van der Waals surface area contributed by atoms with Crippen LogP contribution >= 0.6 is 15.9 Å². The van der Waals surface area contributed by atoms with Crippen molar-refractivity contribution < 1.29 is 4.79 Å². The summed E-state index contributed by atoms with van der Waals surface area (Å²) in [5, 5.41) is 2.85. The lowest BCUT2D eigenvalue weighted by Gasteiger charge is -2.22. The molecule has 0 spiro atoms. The van der Waals surface area contributed by atoms with Gasteiger partial charge in [0.2, 0.25) is 0 Å². The molecule has 1 heterocycles. The minimum absolute atomic E-state index is 0.236. The average Bonchev–Trinajstić information content (AvgIpc) is 2.55. The zero-order valence-corrected chi connectivity index (χ0v) is 15.0. The summed E-state index contributed by atoms with van der Waals surface area (Å²) >= 11 is 3.39. The number of anilines is 2. The SMILES string of the molecule is CCCN(CCC)c1cc(C(=O)Nc2cccc(Br)c2)ncn1. The van der Waals surface area contributed by atoms with E-state index in [1.807, 2.05) is 24.3 Å². The van der Waals surface area contributed by atoms with E-state index in [1.165, 1.54) is 6.33 Å². The summed E-state index contributed by atoms with van der Waals surface area (Å²) in [4.78, 5) is 23.0. The Bertz CT molecular complexity index is 657. The van der Waals surface area contributed by atoms with E-state index < -0.39 is 0 Å². The van der Waals surface area contributed by atoms with Gasteiger partial charge in [-0.2, -0.15) is 0 Å². The smallest absolute Gasteiger partial charge is 0.274 e. The summed E-state index contributed by atoms with van der Waals surface area (Å²) in [6, 6.07) is 9.21. The van der Waals surface area contributed by atoms with Crippen molar-refractivity contribution in [2.45, 2.75) is 26.7 Å². The highest BCUT2D eigenvalue weighted by molar-refractivity contribution is 9.10. The van der Waals surface area contributed by atoms with Gasteiger partial charge in [0.15, 0.2) is 0 Å². The molecule has 0 aliphatic carbocycles. The molecule has 1 N–H and O–H groups in total. The molecule has 122 valence electrons. The fourth-order valence-electron chi connectivity index (χ4n) is 2.29. The third-order valence-corrected chi connectivity index (χ3v) is 3.77. The van der Waals surface area contributed by atoms with E-state index in [0.717, 1.165) is 41.9 Å². The van der Waals surface area contributed by atoms with Crippen LogP contribution in [0.1, 0.15) is 37.2 Å². The minimum Gasteiger partial charge on any atom is -0.357 e. The molecule has 0 atom stereocenters. The molecule has 0 aliphatic heterocycles. The van der Waals surface area contributed by atoms with Gasteiger partial charge in [-0.05, 0) is 31.0 Å². The number of hydrogen-bond acceptors (Lipinski definition) is 4. The van der Waals surface area contributed by atoms with E-state index >= 15 is 0 Å². The summed E-state index contributed by atoms with van der Waals surface area (Å²) in [6.45, 7) is 6.09. The molecular formula is C17H21BrN4O. The van der Waals surface area contributed by atoms with Gasteiger partial charge >= 0.3 is 0 Å². The van der Waals surface area contributed by atoms with Gasteiger partial charge in [-0.3, -0.25) is 4.79 Å². The number of nitrogens with one attached hydrogen (secondary N) is 1. The third-order valence-electron chi connectivity index (χ3n) is 3.28. The van der Waals surface area contributed by atoms with Crippen molar-refractivity contribution in [3.63, 3.8) is 0 Å².